The first-order valence-corrected chi connectivity index (χ1v) is 9.11. The number of rotatable bonds is 4. The minimum atomic E-state index is -3.26. The lowest BCUT2D eigenvalue weighted by atomic mass is 9.92. The van der Waals surface area contributed by atoms with Crippen molar-refractivity contribution in [3.8, 4) is 0 Å². The van der Waals surface area contributed by atoms with Gasteiger partial charge in [0.15, 0.2) is 9.84 Å². The van der Waals surface area contributed by atoms with Crippen LogP contribution in [0.25, 0.3) is 0 Å². The van der Waals surface area contributed by atoms with Crippen LogP contribution in [0.5, 0.6) is 0 Å². The molecule has 0 spiro atoms. The number of benzene rings is 1. The summed E-state index contributed by atoms with van der Waals surface area (Å²) in [7, 11) is -3.26. The minimum Gasteiger partial charge on any atom is -0.328 e. The molecule has 1 aromatic carbocycles. The highest BCUT2D eigenvalue weighted by molar-refractivity contribution is 7.90. The van der Waals surface area contributed by atoms with Crippen molar-refractivity contribution in [1.29, 1.82) is 0 Å². The van der Waals surface area contributed by atoms with Gasteiger partial charge in [-0.05, 0) is 37.8 Å². The summed E-state index contributed by atoms with van der Waals surface area (Å²) in [5, 5.41) is 3.90. The van der Waals surface area contributed by atoms with E-state index in [2.05, 4.69) is 5.32 Å². The molecule has 1 aliphatic rings. The number of nitrogens with two attached hydrogens (primary N) is 1. The van der Waals surface area contributed by atoms with E-state index in [1.165, 1.54) is 6.26 Å². The zero-order chi connectivity index (χ0) is 14.8. The van der Waals surface area contributed by atoms with Gasteiger partial charge in [0.1, 0.15) is 0 Å². The predicted octanol–water partition coefficient (Wildman–Crippen LogP) is 2.10. The van der Waals surface area contributed by atoms with Gasteiger partial charge in [-0.1, -0.05) is 17.7 Å². The van der Waals surface area contributed by atoms with Gasteiger partial charge in [0.2, 0.25) is 0 Å². The second-order valence-corrected chi connectivity index (χ2v) is 7.87. The molecule has 3 N–H and O–H groups in total. The summed E-state index contributed by atoms with van der Waals surface area (Å²) in [5.74, 6) is 0. The van der Waals surface area contributed by atoms with Crippen molar-refractivity contribution in [3.63, 3.8) is 0 Å². The molecule has 0 aromatic heterocycles. The van der Waals surface area contributed by atoms with Gasteiger partial charge in [-0.25, -0.2) is 8.42 Å². The summed E-state index contributed by atoms with van der Waals surface area (Å²) in [5.41, 5.74) is 6.54. The molecule has 1 fully saturated rings. The molecule has 1 aromatic rings. The molecule has 20 heavy (non-hydrogen) atoms. The Balaban J connectivity index is 2.10. The molecule has 0 unspecified atom stereocenters. The van der Waals surface area contributed by atoms with Gasteiger partial charge in [-0.2, -0.15) is 0 Å². The van der Waals surface area contributed by atoms with E-state index in [1.54, 1.807) is 18.2 Å². The topological polar surface area (TPSA) is 72.2 Å². The Hall–Kier alpha value is -0.620. The quantitative estimate of drug-likeness (QED) is 0.892. The predicted molar refractivity (Wildman–Crippen MR) is 81.6 cm³/mol. The zero-order valence-electron chi connectivity index (χ0n) is 11.6. The van der Waals surface area contributed by atoms with E-state index >= 15 is 0 Å². The van der Waals surface area contributed by atoms with Crippen LogP contribution in [-0.2, 0) is 16.4 Å². The Morgan fingerprint density at radius 1 is 1.30 bits per heavy atom. The Labute approximate surface area is 125 Å². The highest BCUT2D eigenvalue weighted by Crippen LogP contribution is 2.25. The average Bonchev–Trinajstić information content (AvgIpc) is 2.38. The SMILES string of the molecule is CS(=O)(=O)c1cccc(Cl)c1CNC1CCC(N)CC1. The van der Waals surface area contributed by atoms with Gasteiger partial charge in [-0.15, -0.1) is 0 Å². The van der Waals surface area contributed by atoms with Gasteiger partial charge in [0, 0.05) is 35.5 Å². The highest BCUT2D eigenvalue weighted by atomic mass is 35.5. The zero-order valence-corrected chi connectivity index (χ0v) is 13.2. The van der Waals surface area contributed by atoms with Crippen molar-refractivity contribution in [1.82, 2.24) is 5.32 Å². The van der Waals surface area contributed by atoms with Crippen LogP contribution in [0, 0.1) is 0 Å². The highest BCUT2D eigenvalue weighted by Gasteiger charge is 2.20. The summed E-state index contributed by atoms with van der Waals surface area (Å²) in [6, 6.07) is 5.69. The summed E-state index contributed by atoms with van der Waals surface area (Å²) >= 11 is 6.15. The largest absolute Gasteiger partial charge is 0.328 e. The fourth-order valence-electron chi connectivity index (χ4n) is 2.63. The third-order valence-corrected chi connectivity index (χ3v) is 5.35. The molecule has 0 aliphatic heterocycles. The van der Waals surface area contributed by atoms with Crippen molar-refractivity contribution in [2.45, 2.75) is 49.2 Å². The maximum Gasteiger partial charge on any atom is 0.175 e. The molecule has 0 atom stereocenters. The minimum absolute atomic E-state index is 0.306. The van der Waals surface area contributed by atoms with Crippen molar-refractivity contribution in [2.75, 3.05) is 6.26 Å². The Bertz CT molecular complexity index is 567. The lowest BCUT2D eigenvalue weighted by Gasteiger charge is -2.27. The molecule has 6 heteroatoms. The van der Waals surface area contributed by atoms with E-state index in [4.69, 9.17) is 17.3 Å². The molecule has 1 saturated carbocycles. The van der Waals surface area contributed by atoms with Crippen LogP contribution in [0.3, 0.4) is 0 Å². The van der Waals surface area contributed by atoms with Crippen LogP contribution in [-0.4, -0.2) is 26.8 Å². The molecule has 2 rings (SSSR count). The Kier molecular flexibility index (Phi) is 5.07. The third-order valence-electron chi connectivity index (χ3n) is 3.81. The number of hydrogen-bond acceptors (Lipinski definition) is 4. The van der Waals surface area contributed by atoms with E-state index in [0.717, 1.165) is 25.7 Å². The second kappa shape index (κ2) is 6.43. The summed E-state index contributed by atoms with van der Waals surface area (Å²) in [6.07, 6.45) is 5.29. The normalized spacial score (nSPS) is 23.8. The standard InChI is InChI=1S/C14H21ClN2O2S/c1-20(18,19)14-4-2-3-13(15)12(14)9-17-11-7-5-10(16)6-8-11/h2-4,10-11,17H,5-9,16H2,1H3. The number of nitrogens with one attached hydrogen (secondary N) is 1. The molecule has 0 radical (unpaired) electrons. The lowest BCUT2D eigenvalue weighted by molar-refractivity contribution is 0.341. The molecular formula is C14H21ClN2O2S. The van der Waals surface area contributed by atoms with Crippen LogP contribution in [0.1, 0.15) is 31.2 Å². The molecule has 112 valence electrons. The van der Waals surface area contributed by atoms with Crippen molar-refractivity contribution >= 4 is 21.4 Å². The maximum absolute atomic E-state index is 11.8. The van der Waals surface area contributed by atoms with E-state index in [0.29, 0.717) is 34.1 Å². The van der Waals surface area contributed by atoms with Gasteiger partial charge in [-0.3, -0.25) is 0 Å². The Morgan fingerprint density at radius 3 is 2.55 bits per heavy atom. The first kappa shape index (κ1) is 15.8. The van der Waals surface area contributed by atoms with Crippen LogP contribution in [0.2, 0.25) is 5.02 Å². The fourth-order valence-corrected chi connectivity index (χ4v) is 3.88. The number of sulfone groups is 1. The first-order chi connectivity index (χ1) is 9.38. The molecule has 0 saturated heterocycles. The summed E-state index contributed by atoms with van der Waals surface area (Å²) < 4.78 is 23.6. The monoisotopic (exact) mass is 316 g/mol. The van der Waals surface area contributed by atoms with E-state index in [9.17, 15) is 8.42 Å². The molecular weight excluding hydrogens is 296 g/mol. The molecule has 0 bridgehead atoms. The molecule has 0 heterocycles. The van der Waals surface area contributed by atoms with Crippen LogP contribution in [0.4, 0.5) is 0 Å². The second-order valence-electron chi connectivity index (χ2n) is 5.48. The molecule has 1 aliphatic carbocycles. The smallest absolute Gasteiger partial charge is 0.175 e. The van der Waals surface area contributed by atoms with Crippen LogP contribution < -0.4 is 11.1 Å². The van der Waals surface area contributed by atoms with Gasteiger partial charge >= 0.3 is 0 Å². The molecule has 4 nitrogen and oxygen atoms in total. The van der Waals surface area contributed by atoms with Gasteiger partial charge in [0.25, 0.3) is 0 Å². The fraction of sp³-hybridized carbons (Fsp3) is 0.571. The summed E-state index contributed by atoms with van der Waals surface area (Å²) in [6.45, 7) is 0.474. The van der Waals surface area contributed by atoms with E-state index in [1.807, 2.05) is 0 Å². The first-order valence-electron chi connectivity index (χ1n) is 6.84. The van der Waals surface area contributed by atoms with Gasteiger partial charge in [0.05, 0.1) is 4.90 Å². The lowest BCUT2D eigenvalue weighted by Crippen LogP contribution is -2.37. The summed E-state index contributed by atoms with van der Waals surface area (Å²) in [4.78, 5) is 0.310. The Morgan fingerprint density at radius 2 is 1.95 bits per heavy atom. The van der Waals surface area contributed by atoms with Gasteiger partial charge < -0.3 is 11.1 Å². The number of hydrogen-bond donors (Lipinski definition) is 2. The van der Waals surface area contributed by atoms with E-state index in [-0.39, 0.29) is 0 Å². The van der Waals surface area contributed by atoms with Crippen LogP contribution >= 0.6 is 11.6 Å². The number of halogens is 1. The molecule has 0 amide bonds. The van der Waals surface area contributed by atoms with E-state index < -0.39 is 9.84 Å². The average molecular weight is 317 g/mol. The van der Waals surface area contributed by atoms with Crippen molar-refractivity contribution in [3.05, 3.63) is 28.8 Å². The maximum atomic E-state index is 11.8. The van der Waals surface area contributed by atoms with Crippen molar-refractivity contribution in [2.24, 2.45) is 5.73 Å². The van der Waals surface area contributed by atoms with Crippen molar-refractivity contribution < 1.29 is 8.42 Å². The third kappa shape index (κ3) is 3.95. The van der Waals surface area contributed by atoms with Crippen LogP contribution in [0.15, 0.2) is 23.1 Å².